The van der Waals surface area contributed by atoms with E-state index in [1.54, 1.807) is 7.05 Å². The second-order valence-electron chi connectivity index (χ2n) is 6.53. The van der Waals surface area contributed by atoms with Crippen LogP contribution < -0.4 is 15.4 Å². The van der Waals surface area contributed by atoms with Crippen LogP contribution in [0.5, 0.6) is 5.88 Å². The summed E-state index contributed by atoms with van der Waals surface area (Å²) in [6.45, 7) is 2.59. The number of aromatic nitrogens is 1. The number of aliphatic imine (C=N–C) groups is 1. The van der Waals surface area contributed by atoms with Crippen LogP contribution in [-0.4, -0.2) is 52.4 Å². The minimum Gasteiger partial charge on any atom is -0.476 e. The largest absolute Gasteiger partial charge is 0.476 e. The van der Waals surface area contributed by atoms with Gasteiger partial charge < -0.3 is 15.4 Å². The van der Waals surface area contributed by atoms with Gasteiger partial charge in [-0.15, -0.1) is 24.0 Å². The van der Waals surface area contributed by atoms with E-state index in [0.29, 0.717) is 18.3 Å². The molecule has 11 heteroatoms. The summed E-state index contributed by atoms with van der Waals surface area (Å²) in [5.41, 5.74) is -0.808. The van der Waals surface area contributed by atoms with Crippen LogP contribution in [-0.2, 0) is 17.0 Å². The Morgan fingerprint density at radius 2 is 2.14 bits per heavy atom. The first-order chi connectivity index (χ1) is 13.3. The zero-order valence-corrected chi connectivity index (χ0v) is 19.6. The highest BCUT2D eigenvalue weighted by Gasteiger charge is 2.30. The van der Waals surface area contributed by atoms with E-state index in [2.05, 4.69) is 20.6 Å². The molecule has 1 aromatic rings. The lowest BCUT2D eigenvalue weighted by Crippen LogP contribution is -2.47. The van der Waals surface area contributed by atoms with Crippen LogP contribution in [0.2, 0.25) is 0 Å². The molecule has 0 aliphatic heterocycles. The Balaban J connectivity index is 0.00000420. The quantitative estimate of drug-likeness (QED) is 0.237. The van der Waals surface area contributed by atoms with E-state index in [4.69, 9.17) is 4.74 Å². The minimum atomic E-state index is -4.41. The molecule has 2 N–H and O–H groups in total. The molecule has 166 valence electrons. The average molecular weight is 548 g/mol. The van der Waals surface area contributed by atoms with Gasteiger partial charge in [0.1, 0.15) is 6.61 Å². The van der Waals surface area contributed by atoms with Crippen LogP contribution in [0.1, 0.15) is 38.2 Å². The Kier molecular flexibility index (Phi) is 11.2. The molecule has 1 heterocycles. The van der Waals surface area contributed by atoms with Crippen molar-refractivity contribution in [2.24, 2.45) is 4.99 Å². The highest BCUT2D eigenvalue weighted by Crippen LogP contribution is 2.29. The number of nitrogens with one attached hydrogen (secondary N) is 2. The fourth-order valence-corrected chi connectivity index (χ4v) is 4.44. The van der Waals surface area contributed by atoms with E-state index in [1.807, 2.05) is 6.92 Å². The fraction of sp³-hybridized carbons (Fsp3) is 0.667. The number of nitrogens with zero attached hydrogens (tertiary/aromatic N) is 2. The molecule has 29 heavy (non-hydrogen) atoms. The number of halogens is 4. The van der Waals surface area contributed by atoms with E-state index in [0.717, 1.165) is 37.9 Å². The monoisotopic (exact) mass is 548 g/mol. The van der Waals surface area contributed by atoms with E-state index in [9.17, 15) is 17.4 Å². The number of hydrogen-bond donors (Lipinski definition) is 2. The van der Waals surface area contributed by atoms with Crippen LogP contribution >= 0.6 is 24.0 Å². The third-order valence-electron chi connectivity index (χ3n) is 4.55. The SMILES string of the molecule is CCS(=O)C1CCCC(NC(=NC)NCCOc2ccc(C(F)(F)F)cn2)C1.I. The number of pyridine rings is 1. The van der Waals surface area contributed by atoms with Gasteiger partial charge in [-0.1, -0.05) is 13.3 Å². The molecule has 6 nitrogen and oxygen atoms in total. The van der Waals surface area contributed by atoms with Gasteiger partial charge in [-0.25, -0.2) is 4.98 Å². The second kappa shape index (κ2) is 12.6. The van der Waals surface area contributed by atoms with Gasteiger partial charge in [-0.3, -0.25) is 9.20 Å². The summed E-state index contributed by atoms with van der Waals surface area (Å²) in [5.74, 6) is 1.44. The lowest BCUT2D eigenvalue weighted by atomic mass is 9.95. The van der Waals surface area contributed by atoms with Gasteiger partial charge in [0.05, 0.1) is 12.1 Å². The Morgan fingerprint density at radius 1 is 1.38 bits per heavy atom. The van der Waals surface area contributed by atoms with Gasteiger partial charge in [-0.2, -0.15) is 13.2 Å². The van der Waals surface area contributed by atoms with E-state index < -0.39 is 22.5 Å². The molecule has 1 saturated carbocycles. The smallest absolute Gasteiger partial charge is 0.417 e. The summed E-state index contributed by atoms with van der Waals surface area (Å²) < 4.78 is 54.9. The maximum Gasteiger partial charge on any atom is 0.417 e. The summed E-state index contributed by atoms with van der Waals surface area (Å²) in [7, 11) is 0.881. The molecule has 1 fully saturated rings. The van der Waals surface area contributed by atoms with Crippen LogP contribution in [0, 0.1) is 0 Å². The van der Waals surface area contributed by atoms with Crippen molar-refractivity contribution in [2.45, 2.75) is 50.1 Å². The molecule has 1 aromatic heterocycles. The van der Waals surface area contributed by atoms with Crippen LogP contribution in [0.25, 0.3) is 0 Å². The molecule has 0 amide bonds. The number of alkyl halides is 3. The average Bonchev–Trinajstić information content (AvgIpc) is 2.69. The van der Waals surface area contributed by atoms with Crippen molar-refractivity contribution in [3.8, 4) is 5.88 Å². The van der Waals surface area contributed by atoms with Crippen molar-refractivity contribution in [2.75, 3.05) is 26.0 Å². The Hall–Kier alpha value is -1.11. The third kappa shape index (κ3) is 8.65. The lowest BCUT2D eigenvalue weighted by molar-refractivity contribution is -0.137. The molecule has 3 unspecified atom stereocenters. The summed E-state index contributed by atoms with van der Waals surface area (Å²) in [6.07, 6.45) is 0.236. The Labute approximate surface area is 189 Å². The molecule has 2 rings (SSSR count). The van der Waals surface area contributed by atoms with Crippen LogP contribution in [0.15, 0.2) is 23.3 Å². The molecule has 1 aliphatic rings. The maximum absolute atomic E-state index is 12.5. The Morgan fingerprint density at radius 3 is 2.72 bits per heavy atom. The van der Waals surface area contributed by atoms with Crippen LogP contribution in [0.4, 0.5) is 13.2 Å². The highest BCUT2D eigenvalue weighted by molar-refractivity contribution is 14.0. The van der Waals surface area contributed by atoms with E-state index in [-0.39, 0.29) is 47.8 Å². The molecule has 0 radical (unpaired) electrons. The van der Waals surface area contributed by atoms with Crippen molar-refractivity contribution in [3.05, 3.63) is 23.9 Å². The van der Waals surface area contributed by atoms with Crippen molar-refractivity contribution >= 4 is 40.7 Å². The van der Waals surface area contributed by atoms with Crippen molar-refractivity contribution in [1.82, 2.24) is 15.6 Å². The molecule has 1 aliphatic carbocycles. The zero-order valence-electron chi connectivity index (χ0n) is 16.5. The lowest BCUT2D eigenvalue weighted by Gasteiger charge is -2.30. The van der Waals surface area contributed by atoms with Gasteiger partial charge >= 0.3 is 6.18 Å². The molecule has 0 saturated heterocycles. The van der Waals surface area contributed by atoms with E-state index >= 15 is 0 Å². The molecule has 0 aromatic carbocycles. The molecule has 0 bridgehead atoms. The predicted octanol–water partition coefficient (Wildman–Crippen LogP) is 3.34. The van der Waals surface area contributed by atoms with Crippen LogP contribution in [0.3, 0.4) is 0 Å². The molecular formula is C18H28F3IN4O2S. The summed E-state index contributed by atoms with van der Waals surface area (Å²) >= 11 is 0. The molecule has 0 spiro atoms. The molecule has 3 atom stereocenters. The number of guanidine groups is 1. The first-order valence-corrected chi connectivity index (χ1v) is 10.7. The number of ether oxygens (including phenoxy) is 1. The topological polar surface area (TPSA) is 75.6 Å². The normalized spacial score (nSPS) is 21.1. The third-order valence-corrected chi connectivity index (χ3v) is 6.30. The summed E-state index contributed by atoms with van der Waals surface area (Å²) in [5, 5.41) is 6.68. The van der Waals surface area contributed by atoms with E-state index in [1.165, 1.54) is 6.07 Å². The van der Waals surface area contributed by atoms with Gasteiger partial charge in [0.25, 0.3) is 0 Å². The molecular weight excluding hydrogens is 520 g/mol. The van der Waals surface area contributed by atoms with Gasteiger partial charge in [0.2, 0.25) is 5.88 Å². The zero-order chi connectivity index (χ0) is 20.6. The first-order valence-electron chi connectivity index (χ1n) is 9.34. The first kappa shape index (κ1) is 25.9. The van der Waals surface area contributed by atoms with Crippen molar-refractivity contribution in [1.29, 1.82) is 0 Å². The van der Waals surface area contributed by atoms with Gasteiger partial charge in [-0.05, 0) is 25.3 Å². The standard InChI is InChI=1S/C18H27F3N4O2S.HI/c1-3-28(26)15-6-4-5-14(11-15)25-17(22-2)23-9-10-27-16-8-7-13(12-24-16)18(19,20)21;/h7-8,12,14-15H,3-6,9-11H2,1-2H3,(H2,22,23,25);1H. The van der Waals surface area contributed by atoms with Crippen molar-refractivity contribution in [3.63, 3.8) is 0 Å². The second-order valence-corrected chi connectivity index (χ2v) is 8.54. The van der Waals surface area contributed by atoms with Gasteiger partial charge in [0.15, 0.2) is 5.96 Å². The maximum atomic E-state index is 12.5. The minimum absolute atomic E-state index is 0. The highest BCUT2D eigenvalue weighted by atomic mass is 127. The van der Waals surface area contributed by atoms with Gasteiger partial charge in [0, 0.05) is 47.2 Å². The number of rotatable bonds is 7. The predicted molar refractivity (Wildman–Crippen MR) is 119 cm³/mol. The summed E-state index contributed by atoms with van der Waals surface area (Å²) in [4.78, 5) is 7.84. The fourth-order valence-electron chi connectivity index (χ4n) is 3.10. The van der Waals surface area contributed by atoms with Crippen molar-refractivity contribution < 1.29 is 22.1 Å². The number of hydrogen-bond acceptors (Lipinski definition) is 4. The Bertz CT molecular complexity index is 674. The summed E-state index contributed by atoms with van der Waals surface area (Å²) in [6, 6.07) is 2.36.